The van der Waals surface area contributed by atoms with E-state index in [1.54, 1.807) is 12.1 Å². The van der Waals surface area contributed by atoms with Crippen LogP contribution in [0.5, 0.6) is 5.75 Å². The summed E-state index contributed by atoms with van der Waals surface area (Å²) in [5.41, 5.74) is -0.342. The van der Waals surface area contributed by atoms with Crippen molar-refractivity contribution in [3.05, 3.63) is 27.7 Å². The molecule has 0 unspecified atom stereocenters. The first-order chi connectivity index (χ1) is 8.43. The topological polar surface area (TPSA) is 46.5 Å². The molecule has 1 aromatic carbocycles. The van der Waals surface area contributed by atoms with E-state index in [0.29, 0.717) is 11.6 Å². The Kier molecular flexibility index (Phi) is 2.65. The molecule has 18 heavy (non-hydrogen) atoms. The van der Waals surface area contributed by atoms with Crippen LogP contribution in [0.15, 0.2) is 22.7 Å². The second-order valence-corrected chi connectivity index (χ2v) is 6.86. The van der Waals surface area contributed by atoms with Crippen molar-refractivity contribution in [1.82, 2.24) is 0 Å². The molecule has 3 aliphatic carbocycles. The van der Waals surface area contributed by atoms with Crippen molar-refractivity contribution >= 4 is 33.5 Å². The van der Waals surface area contributed by atoms with Crippen molar-refractivity contribution < 1.29 is 14.6 Å². The number of rotatable bonds is 4. The van der Waals surface area contributed by atoms with Crippen molar-refractivity contribution in [1.29, 1.82) is 0 Å². The molecule has 4 rings (SSSR count). The minimum atomic E-state index is -0.658. The van der Waals surface area contributed by atoms with Crippen molar-refractivity contribution in [2.45, 2.75) is 19.3 Å². The lowest BCUT2D eigenvalue weighted by molar-refractivity contribution is -0.231. The highest BCUT2D eigenvalue weighted by Crippen LogP contribution is 2.73. The van der Waals surface area contributed by atoms with Crippen LogP contribution in [0, 0.1) is 10.8 Å². The number of ether oxygens (including phenoxy) is 1. The van der Waals surface area contributed by atoms with Crippen LogP contribution in [0.4, 0.5) is 0 Å². The molecular weight excluding hydrogens is 319 g/mol. The lowest BCUT2D eigenvalue weighted by Gasteiger charge is -2.67. The Labute approximate surface area is 118 Å². The largest absolute Gasteiger partial charge is 0.493 e. The van der Waals surface area contributed by atoms with Crippen LogP contribution in [0.2, 0.25) is 5.02 Å². The number of benzene rings is 1. The van der Waals surface area contributed by atoms with Gasteiger partial charge in [0.25, 0.3) is 0 Å². The van der Waals surface area contributed by atoms with Gasteiger partial charge in [-0.1, -0.05) is 27.5 Å². The zero-order valence-corrected chi connectivity index (χ0v) is 11.9. The van der Waals surface area contributed by atoms with Crippen molar-refractivity contribution in [2.75, 3.05) is 6.61 Å². The van der Waals surface area contributed by atoms with E-state index >= 15 is 0 Å². The molecule has 1 aromatic rings. The molecule has 3 fully saturated rings. The standard InChI is InChI=1S/C13H12BrClO3/c14-8-1-9(15)3-10(2-8)18-7-12-4-13(5-12,6-12)11(16)17/h1-3H,4-7H2,(H,16,17). The van der Waals surface area contributed by atoms with Gasteiger partial charge in [-0.3, -0.25) is 4.79 Å². The number of hydrogen-bond acceptors (Lipinski definition) is 2. The maximum absolute atomic E-state index is 11.0. The minimum Gasteiger partial charge on any atom is -0.493 e. The van der Waals surface area contributed by atoms with E-state index in [2.05, 4.69) is 15.9 Å². The molecule has 0 heterocycles. The second-order valence-electron chi connectivity index (χ2n) is 5.51. The highest BCUT2D eigenvalue weighted by Gasteiger charge is 2.72. The Morgan fingerprint density at radius 2 is 2.06 bits per heavy atom. The van der Waals surface area contributed by atoms with Crippen molar-refractivity contribution in [3.63, 3.8) is 0 Å². The monoisotopic (exact) mass is 330 g/mol. The Morgan fingerprint density at radius 3 is 2.61 bits per heavy atom. The third-order valence-electron chi connectivity index (χ3n) is 3.97. The minimum absolute atomic E-state index is 0.0905. The van der Waals surface area contributed by atoms with Crippen molar-refractivity contribution in [3.8, 4) is 5.75 Å². The Hall–Kier alpha value is -0.740. The predicted octanol–water partition coefficient (Wildman–Crippen LogP) is 3.74. The summed E-state index contributed by atoms with van der Waals surface area (Å²) in [6.45, 7) is 0.578. The maximum Gasteiger partial charge on any atom is 0.309 e. The fourth-order valence-electron chi connectivity index (χ4n) is 3.23. The predicted molar refractivity (Wildman–Crippen MR) is 71.0 cm³/mol. The molecule has 3 saturated carbocycles. The summed E-state index contributed by atoms with van der Waals surface area (Å²) in [7, 11) is 0. The van der Waals surface area contributed by atoms with E-state index in [-0.39, 0.29) is 5.41 Å². The number of aliphatic carboxylic acids is 1. The van der Waals surface area contributed by atoms with Gasteiger partial charge in [0.2, 0.25) is 0 Å². The normalized spacial score (nSPS) is 32.3. The Morgan fingerprint density at radius 1 is 1.39 bits per heavy atom. The molecule has 3 nitrogen and oxygen atoms in total. The molecule has 0 amide bonds. The van der Waals surface area contributed by atoms with Crippen LogP contribution < -0.4 is 4.74 Å². The molecule has 0 atom stereocenters. The number of carboxylic acid groups (broad SMARTS) is 1. The zero-order chi connectivity index (χ0) is 13.0. The highest BCUT2D eigenvalue weighted by atomic mass is 79.9. The number of halogens is 2. The first-order valence-corrected chi connectivity index (χ1v) is 6.93. The molecular formula is C13H12BrClO3. The average molecular weight is 332 g/mol. The first kappa shape index (κ1) is 12.3. The molecule has 3 aliphatic rings. The molecule has 1 N–H and O–H groups in total. The summed E-state index contributed by atoms with van der Waals surface area (Å²) in [6, 6.07) is 5.43. The molecule has 96 valence electrons. The smallest absolute Gasteiger partial charge is 0.309 e. The van der Waals surface area contributed by atoms with Gasteiger partial charge < -0.3 is 9.84 Å². The zero-order valence-electron chi connectivity index (χ0n) is 9.58. The van der Waals surface area contributed by atoms with Gasteiger partial charge in [0, 0.05) is 14.9 Å². The van der Waals surface area contributed by atoms with E-state index in [1.165, 1.54) is 0 Å². The first-order valence-electron chi connectivity index (χ1n) is 5.76. The average Bonchev–Trinajstić information content (AvgIpc) is 2.10. The molecule has 0 aromatic heterocycles. The fraction of sp³-hybridized carbons (Fsp3) is 0.462. The molecule has 0 spiro atoms. The highest BCUT2D eigenvalue weighted by molar-refractivity contribution is 9.10. The Bertz CT molecular complexity index is 489. The van der Waals surface area contributed by atoms with E-state index in [0.717, 1.165) is 29.5 Å². The lowest BCUT2D eigenvalue weighted by Crippen LogP contribution is -2.67. The number of hydrogen-bond donors (Lipinski definition) is 1. The molecule has 5 heteroatoms. The van der Waals surface area contributed by atoms with E-state index in [1.807, 2.05) is 6.07 Å². The third kappa shape index (κ3) is 1.82. The van der Waals surface area contributed by atoms with Gasteiger partial charge in [0.15, 0.2) is 0 Å². The van der Waals surface area contributed by atoms with E-state index in [4.69, 9.17) is 21.4 Å². The number of carbonyl (C=O) groups is 1. The lowest BCUT2D eigenvalue weighted by atomic mass is 9.35. The van der Waals surface area contributed by atoms with E-state index in [9.17, 15) is 4.79 Å². The Balaban J connectivity index is 1.59. The van der Waals surface area contributed by atoms with Crippen LogP contribution in [-0.2, 0) is 4.79 Å². The van der Waals surface area contributed by atoms with Crippen molar-refractivity contribution in [2.24, 2.45) is 10.8 Å². The van der Waals surface area contributed by atoms with Gasteiger partial charge in [0.05, 0.1) is 12.0 Å². The summed E-state index contributed by atoms with van der Waals surface area (Å²) in [5.74, 6) is 0.0679. The quantitative estimate of drug-likeness (QED) is 0.914. The van der Waals surface area contributed by atoms with E-state index < -0.39 is 11.4 Å². The van der Waals surface area contributed by atoms with Gasteiger partial charge in [-0.05, 0) is 37.5 Å². The van der Waals surface area contributed by atoms with Gasteiger partial charge in [-0.15, -0.1) is 0 Å². The van der Waals surface area contributed by atoms with Gasteiger partial charge in [-0.25, -0.2) is 0 Å². The molecule has 0 radical (unpaired) electrons. The summed E-state index contributed by atoms with van der Waals surface area (Å²) in [4.78, 5) is 11.0. The van der Waals surface area contributed by atoms with Crippen LogP contribution in [0.25, 0.3) is 0 Å². The summed E-state index contributed by atoms with van der Waals surface area (Å²) < 4.78 is 6.61. The van der Waals surface area contributed by atoms with Crippen LogP contribution in [0.3, 0.4) is 0 Å². The van der Waals surface area contributed by atoms with Gasteiger partial charge in [-0.2, -0.15) is 0 Å². The van der Waals surface area contributed by atoms with Crippen LogP contribution in [-0.4, -0.2) is 17.7 Å². The van der Waals surface area contributed by atoms with Gasteiger partial charge >= 0.3 is 5.97 Å². The SMILES string of the molecule is O=C(O)C12CC(COc3cc(Cl)cc(Br)c3)(C1)C2. The maximum atomic E-state index is 11.0. The van der Waals surface area contributed by atoms with Gasteiger partial charge in [0.1, 0.15) is 5.75 Å². The number of carboxylic acids is 1. The summed E-state index contributed by atoms with van der Waals surface area (Å²) in [6.07, 6.45) is 2.24. The molecule has 0 aliphatic heterocycles. The summed E-state index contributed by atoms with van der Waals surface area (Å²) in [5, 5.41) is 9.66. The second kappa shape index (κ2) is 3.87. The summed E-state index contributed by atoms with van der Waals surface area (Å²) >= 11 is 9.29. The molecule has 2 bridgehead atoms. The van der Waals surface area contributed by atoms with Crippen LogP contribution in [0.1, 0.15) is 19.3 Å². The third-order valence-corrected chi connectivity index (χ3v) is 4.65. The molecule has 0 saturated heterocycles. The fourth-order valence-corrected chi connectivity index (χ4v) is 4.06. The van der Waals surface area contributed by atoms with Crippen LogP contribution >= 0.6 is 27.5 Å².